The zero-order chi connectivity index (χ0) is 8.55. The number of hydrogen-bond donors (Lipinski definition) is 0. The zero-order valence-electron chi connectivity index (χ0n) is 7.24. The van der Waals surface area contributed by atoms with E-state index >= 15 is 0 Å². The van der Waals surface area contributed by atoms with Crippen molar-refractivity contribution in [1.29, 1.82) is 0 Å². The van der Waals surface area contributed by atoms with E-state index in [0.29, 0.717) is 0 Å². The zero-order valence-corrected chi connectivity index (χ0v) is 9.62. The summed E-state index contributed by atoms with van der Waals surface area (Å²) in [4.78, 5) is 1.29. The molecule has 1 aromatic rings. The largest absolute Gasteiger partial charge is 0.225 e. The van der Waals surface area contributed by atoms with Crippen LogP contribution < -0.4 is 0 Å². The second-order valence-electron chi connectivity index (χ2n) is 2.70. The Morgan fingerprint density at radius 2 is 2.15 bits per heavy atom. The molecule has 0 saturated carbocycles. The van der Waals surface area contributed by atoms with E-state index in [0.717, 1.165) is 6.54 Å². The molecule has 1 atom stereocenters. The molecule has 1 unspecified atom stereocenters. The highest BCUT2D eigenvalue weighted by Crippen LogP contribution is 2.45. The maximum Gasteiger partial charge on any atom is 0.121 e. The van der Waals surface area contributed by atoms with Crippen LogP contribution in [0.3, 0.4) is 0 Å². The van der Waals surface area contributed by atoms with Gasteiger partial charge in [0.2, 0.25) is 0 Å². The van der Waals surface area contributed by atoms with Crippen LogP contribution in [-0.2, 0) is 0 Å². The molecule has 1 aromatic carbocycles. The lowest BCUT2D eigenvalue weighted by Gasteiger charge is -2.14. The SMILES string of the molecule is CCN1Sc2ccccc2C1Cl.Cl. The third-order valence-corrected chi connectivity index (χ3v) is 3.81. The molecule has 13 heavy (non-hydrogen) atoms. The molecule has 1 aliphatic rings. The Kier molecular flexibility index (Phi) is 3.92. The number of rotatable bonds is 1. The Morgan fingerprint density at radius 3 is 2.77 bits per heavy atom. The first-order valence-corrected chi connectivity index (χ1v) is 5.21. The summed E-state index contributed by atoms with van der Waals surface area (Å²) in [7, 11) is 0. The lowest BCUT2D eigenvalue weighted by molar-refractivity contribution is 0.487. The fraction of sp³-hybridized carbons (Fsp3) is 0.333. The quantitative estimate of drug-likeness (QED) is 0.415. The van der Waals surface area contributed by atoms with Gasteiger partial charge in [0.15, 0.2) is 0 Å². The fourth-order valence-corrected chi connectivity index (χ4v) is 2.84. The Labute approximate surface area is 94.0 Å². The van der Waals surface area contributed by atoms with Gasteiger partial charge in [0.05, 0.1) is 0 Å². The summed E-state index contributed by atoms with van der Waals surface area (Å²) in [5.41, 5.74) is 1.29. The van der Waals surface area contributed by atoms with Gasteiger partial charge in [-0.25, -0.2) is 4.31 Å². The first kappa shape index (κ1) is 11.2. The van der Waals surface area contributed by atoms with Crippen LogP contribution in [0.25, 0.3) is 0 Å². The van der Waals surface area contributed by atoms with E-state index in [1.807, 2.05) is 6.07 Å². The van der Waals surface area contributed by atoms with Crippen LogP contribution in [0.1, 0.15) is 18.0 Å². The van der Waals surface area contributed by atoms with Gasteiger partial charge in [0.25, 0.3) is 0 Å². The molecule has 0 aliphatic carbocycles. The molecule has 0 spiro atoms. The van der Waals surface area contributed by atoms with Crippen LogP contribution in [-0.4, -0.2) is 10.8 Å². The normalized spacial score (nSPS) is 20.9. The molecule has 4 heteroatoms. The summed E-state index contributed by atoms with van der Waals surface area (Å²) >= 11 is 7.96. The summed E-state index contributed by atoms with van der Waals surface area (Å²) in [5.74, 6) is 0. The first-order valence-electron chi connectivity index (χ1n) is 4.00. The van der Waals surface area contributed by atoms with Crippen molar-refractivity contribution < 1.29 is 0 Å². The Hall–Kier alpha value is 0.110. The van der Waals surface area contributed by atoms with Crippen LogP contribution in [0.2, 0.25) is 0 Å². The van der Waals surface area contributed by atoms with Crippen LogP contribution in [0, 0.1) is 0 Å². The van der Waals surface area contributed by atoms with Gasteiger partial charge in [-0.1, -0.05) is 36.7 Å². The number of halogens is 2. The Bertz CT molecular complexity index is 293. The minimum atomic E-state index is 0. The van der Waals surface area contributed by atoms with Gasteiger partial charge in [-0.15, -0.1) is 12.4 Å². The molecule has 0 aromatic heterocycles. The smallest absolute Gasteiger partial charge is 0.121 e. The molecule has 1 aliphatic heterocycles. The predicted octanol–water partition coefficient (Wildman–Crippen LogP) is 3.69. The molecule has 0 saturated heterocycles. The Morgan fingerprint density at radius 1 is 1.46 bits per heavy atom. The third kappa shape index (κ3) is 1.96. The van der Waals surface area contributed by atoms with Crippen LogP contribution in [0.4, 0.5) is 0 Å². The van der Waals surface area contributed by atoms with Crippen molar-refractivity contribution >= 4 is 36.0 Å². The number of alkyl halides is 1. The topological polar surface area (TPSA) is 3.24 Å². The van der Waals surface area contributed by atoms with Crippen molar-refractivity contribution in [2.24, 2.45) is 0 Å². The van der Waals surface area contributed by atoms with Crippen LogP contribution in [0.15, 0.2) is 29.2 Å². The molecule has 0 bridgehead atoms. The second-order valence-corrected chi connectivity index (χ2v) is 4.20. The molecule has 0 radical (unpaired) electrons. The van der Waals surface area contributed by atoms with Gasteiger partial charge in [-0.05, 0) is 23.6 Å². The van der Waals surface area contributed by atoms with Crippen molar-refractivity contribution in [3.05, 3.63) is 29.8 Å². The average Bonchev–Trinajstić information content (AvgIpc) is 2.44. The van der Waals surface area contributed by atoms with Crippen molar-refractivity contribution in [3.63, 3.8) is 0 Å². The minimum Gasteiger partial charge on any atom is -0.225 e. The number of fused-ring (bicyclic) bond motifs is 1. The van der Waals surface area contributed by atoms with Gasteiger partial charge in [0, 0.05) is 11.4 Å². The monoisotopic (exact) mass is 235 g/mol. The summed E-state index contributed by atoms with van der Waals surface area (Å²) in [6, 6.07) is 8.29. The Balaban J connectivity index is 0.000000845. The predicted molar refractivity (Wildman–Crippen MR) is 60.5 cm³/mol. The van der Waals surface area contributed by atoms with E-state index in [1.54, 1.807) is 11.9 Å². The van der Waals surface area contributed by atoms with Crippen molar-refractivity contribution in [1.82, 2.24) is 4.31 Å². The summed E-state index contributed by atoms with van der Waals surface area (Å²) in [5, 5.41) is 0. The highest BCUT2D eigenvalue weighted by atomic mass is 35.5. The van der Waals surface area contributed by atoms with Crippen molar-refractivity contribution in [2.75, 3.05) is 6.54 Å². The number of benzene rings is 1. The summed E-state index contributed by atoms with van der Waals surface area (Å²) in [6.45, 7) is 3.10. The number of nitrogens with zero attached hydrogens (tertiary/aromatic N) is 1. The second kappa shape index (κ2) is 4.56. The van der Waals surface area contributed by atoms with E-state index < -0.39 is 0 Å². The minimum absolute atomic E-state index is 0. The average molecular weight is 236 g/mol. The summed E-state index contributed by atoms with van der Waals surface area (Å²) in [6.07, 6.45) is 0. The molecule has 1 heterocycles. The van der Waals surface area contributed by atoms with E-state index in [9.17, 15) is 0 Å². The number of hydrogen-bond acceptors (Lipinski definition) is 2. The van der Waals surface area contributed by atoms with E-state index in [1.165, 1.54) is 10.5 Å². The lowest BCUT2D eigenvalue weighted by atomic mass is 10.2. The van der Waals surface area contributed by atoms with Crippen molar-refractivity contribution in [3.8, 4) is 0 Å². The summed E-state index contributed by atoms with van der Waals surface area (Å²) < 4.78 is 2.17. The molecule has 1 nitrogen and oxygen atoms in total. The van der Waals surface area contributed by atoms with E-state index in [-0.39, 0.29) is 17.9 Å². The molecule has 0 amide bonds. The van der Waals surface area contributed by atoms with Crippen molar-refractivity contribution in [2.45, 2.75) is 17.3 Å². The van der Waals surface area contributed by atoms with E-state index in [2.05, 4.69) is 29.4 Å². The molecule has 2 rings (SSSR count). The lowest BCUT2D eigenvalue weighted by Crippen LogP contribution is -2.11. The van der Waals surface area contributed by atoms with Crippen LogP contribution >= 0.6 is 36.0 Å². The van der Waals surface area contributed by atoms with E-state index in [4.69, 9.17) is 11.6 Å². The highest BCUT2D eigenvalue weighted by Gasteiger charge is 2.27. The van der Waals surface area contributed by atoms with Gasteiger partial charge >= 0.3 is 0 Å². The van der Waals surface area contributed by atoms with Gasteiger partial charge in [-0.3, -0.25) is 0 Å². The van der Waals surface area contributed by atoms with Gasteiger partial charge in [0.1, 0.15) is 5.50 Å². The third-order valence-electron chi connectivity index (χ3n) is 1.96. The first-order chi connectivity index (χ1) is 5.83. The maximum absolute atomic E-state index is 6.21. The maximum atomic E-state index is 6.21. The fourth-order valence-electron chi connectivity index (χ4n) is 1.31. The standard InChI is InChI=1S/C9H10ClNS.ClH/c1-2-11-9(10)7-5-3-4-6-8(7)12-11;/h3-6,9H,2H2,1H3;1H. The van der Waals surface area contributed by atoms with Gasteiger partial charge < -0.3 is 0 Å². The molecular weight excluding hydrogens is 225 g/mol. The molecule has 0 fully saturated rings. The van der Waals surface area contributed by atoms with Gasteiger partial charge in [-0.2, -0.15) is 0 Å². The highest BCUT2D eigenvalue weighted by molar-refractivity contribution is 7.97. The molecule has 72 valence electrons. The molecule has 0 N–H and O–H groups in total. The van der Waals surface area contributed by atoms with Crippen LogP contribution in [0.5, 0.6) is 0 Å². The molecular formula is C9H11Cl2NS.